The van der Waals surface area contributed by atoms with Crippen molar-refractivity contribution in [1.29, 1.82) is 0 Å². The zero-order valence-electron chi connectivity index (χ0n) is 26.2. The molecule has 9 nitrogen and oxygen atoms in total. The molecular formula is C33H45N3O6. The number of esters is 1. The van der Waals surface area contributed by atoms with Gasteiger partial charge in [0.25, 0.3) is 0 Å². The molecule has 1 atom stereocenters. The van der Waals surface area contributed by atoms with Gasteiger partial charge in [0.15, 0.2) is 12.4 Å². The van der Waals surface area contributed by atoms with Crippen molar-refractivity contribution in [3.8, 4) is 11.1 Å². The van der Waals surface area contributed by atoms with E-state index in [0.717, 1.165) is 54.6 Å². The fourth-order valence-electron chi connectivity index (χ4n) is 5.82. The number of nitrogens with zero attached hydrogens (tertiary/aromatic N) is 3. The van der Waals surface area contributed by atoms with Gasteiger partial charge < -0.3 is 24.4 Å². The maximum atomic E-state index is 13.7. The second-order valence-electron chi connectivity index (χ2n) is 13.5. The molecule has 42 heavy (non-hydrogen) atoms. The number of carbonyl (C=O) groups excluding carboxylic acids is 2. The molecule has 1 saturated heterocycles. The monoisotopic (exact) mass is 579 g/mol. The summed E-state index contributed by atoms with van der Waals surface area (Å²) in [5, 5.41) is 9.49. The predicted molar refractivity (Wildman–Crippen MR) is 162 cm³/mol. The standard InChI is InChI=1S/C33H45N3O6/c1-20(2)41-30(38)29(42-32(4,5)6)26-21(3)34-25(19-37)27(28(26)35-15-12-33(7,8)13-16-35)23-9-10-24-18-36(31(39)40)14-11-22(24)17-23/h9-10,17,19-20,29H,11-16,18H2,1-8H3,(H,39,40). The van der Waals surface area contributed by atoms with Crippen LogP contribution in [0.4, 0.5) is 10.5 Å². The molecule has 2 aliphatic heterocycles. The number of aryl methyl sites for hydroxylation is 1. The third-order valence-corrected chi connectivity index (χ3v) is 8.05. The number of amides is 1. The summed E-state index contributed by atoms with van der Waals surface area (Å²) in [5.74, 6) is -0.493. The first-order valence-electron chi connectivity index (χ1n) is 14.8. The van der Waals surface area contributed by atoms with E-state index >= 15 is 0 Å². The zero-order chi connectivity index (χ0) is 31.0. The smallest absolute Gasteiger partial charge is 0.407 e. The Bertz CT molecular complexity index is 1350. The van der Waals surface area contributed by atoms with E-state index in [-0.39, 0.29) is 11.5 Å². The van der Waals surface area contributed by atoms with E-state index in [1.54, 1.807) is 0 Å². The van der Waals surface area contributed by atoms with Gasteiger partial charge in [0, 0.05) is 43.0 Å². The number of benzene rings is 1. The van der Waals surface area contributed by atoms with Crippen molar-refractivity contribution in [2.45, 2.75) is 99.0 Å². The van der Waals surface area contributed by atoms with Crippen LogP contribution in [0, 0.1) is 12.3 Å². The van der Waals surface area contributed by atoms with E-state index in [1.807, 2.05) is 59.7 Å². The Balaban J connectivity index is 1.97. The van der Waals surface area contributed by atoms with Gasteiger partial charge in [0.05, 0.1) is 17.4 Å². The van der Waals surface area contributed by atoms with Gasteiger partial charge in [-0.15, -0.1) is 0 Å². The van der Waals surface area contributed by atoms with Crippen LogP contribution in [0.5, 0.6) is 0 Å². The highest BCUT2D eigenvalue weighted by Crippen LogP contribution is 2.45. The third-order valence-electron chi connectivity index (χ3n) is 8.05. The fraction of sp³-hybridized carbons (Fsp3) is 0.576. The lowest BCUT2D eigenvalue weighted by Crippen LogP contribution is -2.39. The Kier molecular flexibility index (Phi) is 9.02. The van der Waals surface area contributed by atoms with Crippen LogP contribution in [0.2, 0.25) is 0 Å². The molecular weight excluding hydrogens is 534 g/mol. The minimum absolute atomic E-state index is 0.173. The second kappa shape index (κ2) is 12.0. The molecule has 1 N–H and O–H groups in total. The molecule has 0 bridgehead atoms. The summed E-state index contributed by atoms with van der Waals surface area (Å²) >= 11 is 0. The normalized spacial score (nSPS) is 17.5. The molecule has 3 heterocycles. The topological polar surface area (TPSA) is 109 Å². The second-order valence-corrected chi connectivity index (χ2v) is 13.5. The number of fused-ring (bicyclic) bond motifs is 1. The Hall–Kier alpha value is -3.46. The van der Waals surface area contributed by atoms with Crippen molar-refractivity contribution in [2.75, 3.05) is 24.5 Å². The van der Waals surface area contributed by atoms with Gasteiger partial charge in [0.2, 0.25) is 0 Å². The minimum atomic E-state index is -1.05. The van der Waals surface area contributed by atoms with Gasteiger partial charge in [-0.25, -0.2) is 14.6 Å². The third kappa shape index (κ3) is 6.94. The highest BCUT2D eigenvalue weighted by molar-refractivity contribution is 5.96. The molecule has 1 amide bonds. The Morgan fingerprint density at radius 3 is 2.33 bits per heavy atom. The maximum absolute atomic E-state index is 13.7. The summed E-state index contributed by atoms with van der Waals surface area (Å²) < 4.78 is 12.2. The van der Waals surface area contributed by atoms with Gasteiger partial charge in [-0.05, 0) is 82.9 Å². The van der Waals surface area contributed by atoms with Crippen molar-refractivity contribution < 1.29 is 29.0 Å². The fourth-order valence-corrected chi connectivity index (χ4v) is 5.82. The van der Waals surface area contributed by atoms with Crippen molar-refractivity contribution >= 4 is 24.0 Å². The number of anilines is 1. The SMILES string of the molecule is Cc1nc(C=O)c(-c2ccc3c(c2)CCN(C(=O)O)C3)c(N2CCC(C)(C)CC2)c1C(OC(C)(C)C)C(=O)OC(C)C. The van der Waals surface area contributed by atoms with E-state index in [9.17, 15) is 19.5 Å². The molecule has 0 radical (unpaired) electrons. The van der Waals surface area contributed by atoms with Crippen LogP contribution >= 0.6 is 0 Å². The molecule has 1 aromatic carbocycles. The first kappa shape index (κ1) is 31.5. The molecule has 9 heteroatoms. The number of piperidine rings is 1. The largest absolute Gasteiger partial charge is 0.465 e. The molecule has 2 aliphatic rings. The van der Waals surface area contributed by atoms with Crippen LogP contribution in [-0.2, 0) is 27.2 Å². The number of pyridine rings is 1. The summed E-state index contributed by atoms with van der Waals surface area (Å²) in [6.07, 6.45) is 0.916. The molecule has 1 fully saturated rings. The number of hydrogen-bond donors (Lipinski definition) is 1. The Morgan fingerprint density at radius 2 is 1.76 bits per heavy atom. The average molecular weight is 580 g/mol. The Labute approximate surface area is 249 Å². The van der Waals surface area contributed by atoms with E-state index in [4.69, 9.17) is 14.5 Å². The summed E-state index contributed by atoms with van der Waals surface area (Å²) in [6.45, 7) is 17.9. The van der Waals surface area contributed by atoms with Crippen LogP contribution in [0.15, 0.2) is 18.2 Å². The van der Waals surface area contributed by atoms with Gasteiger partial charge in [-0.1, -0.05) is 32.0 Å². The van der Waals surface area contributed by atoms with Crippen LogP contribution in [0.25, 0.3) is 11.1 Å². The first-order valence-corrected chi connectivity index (χ1v) is 14.8. The molecule has 1 aromatic heterocycles. The van der Waals surface area contributed by atoms with E-state index in [2.05, 4.69) is 18.7 Å². The lowest BCUT2D eigenvalue weighted by atomic mass is 9.81. The summed E-state index contributed by atoms with van der Waals surface area (Å²) in [6, 6.07) is 5.91. The molecule has 2 aromatic rings. The van der Waals surface area contributed by atoms with Gasteiger partial charge in [0.1, 0.15) is 5.69 Å². The van der Waals surface area contributed by atoms with Crippen LogP contribution < -0.4 is 4.90 Å². The first-order chi connectivity index (χ1) is 19.6. The van der Waals surface area contributed by atoms with E-state index < -0.39 is 23.8 Å². The molecule has 0 aliphatic carbocycles. The van der Waals surface area contributed by atoms with Crippen molar-refractivity contribution in [1.82, 2.24) is 9.88 Å². The van der Waals surface area contributed by atoms with E-state index in [1.165, 1.54) is 4.90 Å². The molecule has 228 valence electrons. The molecule has 0 saturated carbocycles. The van der Waals surface area contributed by atoms with E-state index in [0.29, 0.717) is 42.0 Å². The number of ether oxygens (including phenoxy) is 2. The number of rotatable bonds is 7. The summed E-state index contributed by atoms with van der Waals surface area (Å²) in [7, 11) is 0. The number of carbonyl (C=O) groups is 3. The molecule has 0 spiro atoms. The lowest BCUT2D eigenvalue weighted by Gasteiger charge is -2.41. The summed E-state index contributed by atoms with van der Waals surface area (Å²) in [5.41, 5.74) is 5.19. The number of carboxylic acid groups (broad SMARTS) is 1. The Morgan fingerprint density at radius 1 is 1.10 bits per heavy atom. The lowest BCUT2D eigenvalue weighted by molar-refractivity contribution is -0.171. The van der Waals surface area contributed by atoms with Gasteiger partial charge in [-0.3, -0.25) is 4.79 Å². The average Bonchev–Trinajstić information content (AvgIpc) is 2.89. The van der Waals surface area contributed by atoms with Crippen LogP contribution in [-0.4, -0.2) is 64.7 Å². The minimum Gasteiger partial charge on any atom is -0.465 e. The summed E-state index contributed by atoms with van der Waals surface area (Å²) in [4.78, 5) is 46.3. The van der Waals surface area contributed by atoms with Crippen molar-refractivity contribution in [3.05, 3.63) is 46.3 Å². The van der Waals surface area contributed by atoms with Crippen LogP contribution in [0.1, 0.15) is 100 Å². The number of aldehydes is 1. The quantitative estimate of drug-likeness (QED) is 0.299. The number of aromatic nitrogens is 1. The predicted octanol–water partition coefficient (Wildman–Crippen LogP) is 6.34. The molecule has 1 unspecified atom stereocenters. The highest BCUT2D eigenvalue weighted by atomic mass is 16.6. The maximum Gasteiger partial charge on any atom is 0.407 e. The van der Waals surface area contributed by atoms with Crippen LogP contribution in [0.3, 0.4) is 0 Å². The van der Waals surface area contributed by atoms with Crippen molar-refractivity contribution in [3.63, 3.8) is 0 Å². The van der Waals surface area contributed by atoms with Crippen molar-refractivity contribution in [2.24, 2.45) is 5.41 Å². The zero-order valence-corrected chi connectivity index (χ0v) is 26.2. The highest BCUT2D eigenvalue weighted by Gasteiger charge is 2.38. The number of hydrogen-bond acceptors (Lipinski definition) is 7. The molecule has 4 rings (SSSR count). The van der Waals surface area contributed by atoms with Gasteiger partial charge in [-0.2, -0.15) is 0 Å². The van der Waals surface area contributed by atoms with Gasteiger partial charge >= 0.3 is 12.1 Å².